The van der Waals surface area contributed by atoms with Crippen LogP contribution in [-0.4, -0.2) is 142 Å². The van der Waals surface area contributed by atoms with Crippen molar-refractivity contribution >= 4 is 5.97 Å². The van der Waals surface area contributed by atoms with E-state index in [1.54, 1.807) is 0 Å². The molecule has 0 aromatic rings. The number of esters is 1. The molecule has 2 aliphatic rings. The smallest absolute Gasteiger partial charge is 0.306 e. The average molecular weight is 869 g/mol. The molecule has 0 saturated carbocycles. The molecule has 352 valence electrons. The summed E-state index contributed by atoms with van der Waals surface area (Å²) in [4.78, 5) is 12.9. The number of aliphatic hydroxyl groups is 7. The minimum Gasteiger partial charge on any atom is -0.457 e. The minimum absolute atomic E-state index is 0.0456. The molecule has 14 nitrogen and oxygen atoms in total. The van der Waals surface area contributed by atoms with E-state index in [1.165, 1.54) is 32.1 Å². The van der Waals surface area contributed by atoms with Gasteiger partial charge in [0.05, 0.1) is 26.4 Å². The number of carbonyl (C=O) groups excluding carboxylic acids is 1. The quantitative estimate of drug-likeness (QED) is 0.0245. The standard InChI is InChI=1S/C47H80O14/c1-3-5-7-9-11-13-14-15-16-17-18-19-20-21-22-23-24-26-28-30-39(49)59-36(33-56-31-29-27-25-12-10-8-6-4-2)34-57-46-45(55)43(53)41(51)38(61-46)35-58-47-44(54)42(52)40(50)37(32-48)60-47/h5,7,11,13,15-16,18-19,21-22,36-38,40-48,50-55H,3-4,6,8-10,12,14,17,20,23-35H2,1-2H3/b7-5-,13-11-,16-15-,19-18-,22-21-. The van der Waals surface area contributed by atoms with Crippen molar-refractivity contribution in [2.45, 2.75) is 197 Å². The maximum Gasteiger partial charge on any atom is 0.306 e. The highest BCUT2D eigenvalue weighted by Gasteiger charge is 2.47. The molecular formula is C47H80O14. The van der Waals surface area contributed by atoms with Gasteiger partial charge in [-0.05, 0) is 57.8 Å². The van der Waals surface area contributed by atoms with Crippen LogP contribution >= 0.6 is 0 Å². The lowest BCUT2D eigenvalue weighted by Gasteiger charge is -2.42. The van der Waals surface area contributed by atoms with E-state index in [0.717, 1.165) is 70.6 Å². The van der Waals surface area contributed by atoms with Gasteiger partial charge < -0.3 is 64.2 Å². The largest absolute Gasteiger partial charge is 0.457 e. The summed E-state index contributed by atoms with van der Waals surface area (Å²) in [7, 11) is 0. The van der Waals surface area contributed by atoms with Crippen molar-refractivity contribution in [1.82, 2.24) is 0 Å². The lowest BCUT2D eigenvalue weighted by atomic mass is 9.98. The molecule has 2 rings (SSSR count). The van der Waals surface area contributed by atoms with Crippen molar-refractivity contribution in [2.24, 2.45) is 0 Å². The lowest BCUT2D eigenvalue weighted by molar-refractivity contribution is -0.332. The Labute approximate surface area is 364 Å². The number of carbonyl (C=O) groups is 1. The third-order valence-corrected chi connectivity index (χ3v) is 10.5. The van der Waals surface area contributed by atoms with Crippen molar-refractivity contribution in [3.05, 3.63) is 60.8 Å². The molecule has 7 N–H and O–H groups in total. The molecule has 2 fully saturated rings. The third kappa shape index (κ3) is 23.8. The van der Waals surface area contributed by atoms with Gasteiger partial charge in [-0.15, -0.1) is 0 Å². The van der Waals surface area contributed by atoms with Gasteiger partial charge in [-0.2, -0.15) is 0 Å². The summed E-state index contributed by atoms with van der Waals surface area (Å²) in [6, 6.07) is 0. The Bertz CT molecular complexity index is 1240. The Hall–Kier alpha value is -2.31. The highest BCUT2D eigenvalue weighted by molar-refractivity contribution is 5.69. The predicted molar refractivity (Wildman–Crippen MR) is 233 cm³/mol. The van der Waals surface area contributed by atoms with Crippen LogP contribution in [0.5, 0.6) is 0 Å². The molecule has 61 heavy (non-hydrogen) atoms. The van der Waals surface area contributed by atoms with Crippen LogP contribution in [0.1, 0.15) is 129 Å². The van der Waals surface area contributed by atoms with Gasteiger partial charge in [-0.3, -0.25) is 4.79 Å². The number of hydrogen-bond donors (Lipinski definition) is 7. The first-order valence-corrected chi connectivity index (χ1v) is 22.9. The van der Waals surface area contributed by atoms with Crippen LogP contribution in [0.15, 0.2) is 60.8 Å². The Morgan fingerprint density at radius 3 is 1.66 bits per heavy atom. The molecule has 0 spiro atoms. The van der Waals surface area contributed by atoms with Gasteiger partial charge in [0.2, 0.25) is 0 Å². The molecule has 11 unspecified atom stereocenters. The zero-order valence-corrected chi connectivity index (χ0v) is 36.9. The first kappa shape index (κ1) is 54.8. The highest BCUT2D eigenvalue weighted by atomic mass is 16.7. The second-order valence-corrected chi connectivity index (χ2v) is 15.8. The van der Waals surface area contributed by atoms with Crippen LogP contribution < -0.4 is 0 Å². The van der Waals surface area contributed by atoms with Crippen molar-refractivity contribution < 1.29 is 69.0 Å². The maximum atomic E-state index is 12.9. The van der Waals surface area contributed by atoms with Crippen LogP contribution in [-0.2, 0) is 33.2 Å². The normalized spacial score (nSPS) is 28.0. The Morgan fingerprint density at radius 1 is 0.557 bits per heavy atom. The number of allylic oxidation sites excluding steroid dienone is 10. The number of rotatable bonds is 34. The molecule has 0 radical (unpaired) electrons. The van der Waals surface area contributed by atoms with Crippen LogP contribution in [0.25, 0.3) is 0 Å². The van der Waals surface area contributed by atoms with Gasteiger partial charge in [0.15, 0.2) is 12.6 Å². The summed E-state index contributed by atoms with van der Waals surface area (Å²) < 4.78 is 34.0. The van der Waals surface area contributed by atoms with Gasteiger partial charge in [-0.25, -0.2) is 0 Å². The molecular weight excluding hydrogens is 789 g/mol. The number of aliphatic hydroxyl groups excluding tert-OH is 7. The minimum atomic E-state index is -1.71. The van der Waals surface area contributed by atoms with E-state index in [4.69, 9.17) is 28.4 Å². The summed E-state index contributed by atoms with van der Waals surface area (Å²) in [5.41, 5.74) is 0. The molecule has 0 aromatic carbocycles. The van der Waals surface area contributed by atoms with E-state index in [-0.39, 0.29) is 19.6 Å². The van der Waals surface area contributed by atoms with Gasteiger partial charge in [0.25, 0.3) is 0 Å². The monoisotopic (exact) mass is 869 g/mol. The molecule has 0 aromatic heterocycles. The van der Waals surface area contributed by atoms with E-state index in [0.29, 0.717) is 13.0 Å². The maximum absolute atomic E-state index is 12.9. The third-order valence-electron chi connectivity index (χ3n) is 10.5. The SMILES string of the molecule is CC/C=C\C/C=C\C/C=C\C/C=C\C/C=C\CCCCCC(=O)OC(COCCCCCCCCCC)COC1OC(COC2OC(CO)C(O)C(O)C2O)C(O)C(O)C1O. The van der Waals surface area contributed by atoms with Gasteiger partial charge in [0, 0.05) is 13.0 Å². The van der Waals surface area contributed by atoms with E-state index < -0.39 is 86.7 Å². The highest BCUT2D eigenvalue weighted by Crippen LogP contribution is 2.26. The van der Waals surface area contributed by atoms with Crippen LogP contribution in [0.3, 0.4) is 0 Å². The molecule has 2 saturated heterocycles. The van der Waals surface area contributed by atoms with Crippen molar-refractivity contribution in [3.8, 4) is 0 Å². The first-order chi connectivity index (χ1) is 29.6. The lowest BCUT2D eigenvalue weighted by Crippen LogP contribution is -2.61. The average Bonchev–Trinajstić information content (AvgIpc) is 3.25. The fraction of sp³-hybridized carbons (Fsp3) is 0.766. The van der Waals surface area contributed by atoms with E-state index >= 15 is 0 Å². The zero-order chi connectivity index (χ0) is 44.5. The van der Waals surface area contributed by atoms with E-state index in [2.05, 4.69) is 74.6 Å². The summed E-state index contributed by atoms with van der Waals surface area (Å²) in [5.74, 6) is -0.412. The first-order valence-electron chi connectivity index (χ1n) is 22.9. The molecule has 2 aliphatic heterocycles. The second-order valence-electron chi connectivity index (χ2n) is 15.8. The van der Waals surface area contributed by atoms with E-state index in [1.807, 2.05) is 0 Å². The van der Waals surface area contributed by atoms with Crippen molar-refractivity contribution in [3.63, 3.8) is 0 Å². The molecule has 2 heterocycles. The predicted octanol–water partition coefficient (Wildman–Crippen LogP) is 5.40. The van der Waals surface area contributed by atoms with Gasteiger partial charge >= 0.3 is 5.97 Å². The fourth-order valence-electron chi connectivity index (χ4n) is 6.78. The number of unbranched alkanes of at least 4 members (excludes halogenated alkanes) is 10. The van der Waals surface area contributed by atoms with Crippen molar-refractivity contribution in [1.29, 1.82) is 0 Å². The zero-order valence-electron chi connectivity index (χ0n) is 36.9. The molecule has 0 aliphatic carbocycles. The summed E-state index contributed by atoms with van der Waals surface area (Å²) in [6.45, 7) is 3.47. The van der Waals surface area contributed by atoms with Crippen LogP contribution in [0, 0.1) is 0 Å². The van der Waals surface area contributed by atoms with Crippen LogP contribution in [0.2, 0.25) is 0 Å². The molecule has 0 amide bonds. The molecule has 14 heteroatoms. The Kier molecular flexibility index (Phi) is 31.5. The van der Waals surface area contributed by atoms with Crippen molar-refractivity contribution in [2.75, 3.05) is 33.0 Å². The molecule has 11 atom stereocenters. The summed E-state index contributed by atoms with van der Waals surface area (Å²) in [6.07, 6.45) is 23.0. The van der Waals surface area contributed by atoms with Gasteiger partial charge in [-0.1, -0.05) is 126 Å². The number of ether oxygens (including phenoxy) is 6. The Morgan fingerprint density at radius 2 is 1.07 bits per heavy atom. The van der Waals surface area contributed by atoms with Gasteiger partial charge in [0.1, 0.15) is 54.9 Å². The summed E-state index contributed by atoms with van der Waals surface area (Å²) in [5, 5.41) is 71.8. The van der Waals surface area contributed by atoms with Crippen LogP contribution in [0.4, 0.5) is 0 Å². The summed E-state index contributed by atoms with van der Waals surface area (Å²) >= 11 is 0. The topological polar surface area (TPSA) is 214 Å². The number of hydrogen-bond acceptors (Lipinski definition) is 14. The fourth-order valence-corrected chi connectivity index (χ4v) is 6.78. The van der Waals surface area contributed by atoms with E-state index in [9.17, 15) is 40.5 Å². The Balaban J connectivity index is 1.80. The molecule has 0 bridgehead atoms. The second kappa shape index (κ2) is 35.1.